The van der Waals surface area contributed by atoms with Crippen LogP contribution in [-0.4, -0.2) is 54.1 Å². The monoisotopic (exact) mass is 265 g/mol. The number of hydrogen-bond acceptors (Lipinski definition) is 4. The zero-order valence-corrected chi connectivity index (χ0v) is 11.2. The van der Waals surface area contributed by atoms with Crippen LogP contribution in [0.3, 0.4) is 0 Å². The van der Waals surface area contributed by atoms with E-state index in [1.165, 1.54) is 0 Å². The minimum Gasteiger partial charge on any atom is -0.395 e. The Bertz CT molecular complexity index is 206. The molecule has 5 heteroatoms. The normalized spacial score (nSPS) is 31.4. The highest BCUT2D eigenvalue weighted by Crippen LogP contribution is 2.30. The summed E-state index contributed by atoms with van der Waals surface area (Å²) in [6, 6.07) is 0. The molecule has 0 saturated heterocycles. The number of ether oxygens (including phenoxy) is 1. The van der Waals surface area contributed by atoms with Crippen LogP contribution in [0, 0.1) is 5.92 Å². The van der Waals surface area contributed by atoms with Crippen molar-refractivity contribution in [3.05, 3.63) is 0 Å². The van der Waals surface area contributed by atoms with Gasteiger partial charge in [0.25, 0.3) is 0 Å². The van der Waals surface area contributed by atoms with Crippen LogP contribution in [0.15, 0.2) is 0 Å². The Morgan fingerprint density at radius 2 is 2.24 bits per heavy atom. The highest BCUT2D eigenvalue weighted by molar-refractivity contribution is 6.20. The Morgan fingerprint density at radius 3 is 2.88 bits per heavy atom. The van der Waals surface area contributed by atoms with Gasteiger partial charge in [0.1, 0.15) is 0 Å². The van der Waals surface area contributed by atoms with Crippen molar-refractivity contribution in [1.29, 1.82) is 0 Å². The van der Waals surface area contributed by atoms with Crippen molar-refractivity contribution >= 4 is 11.6 Å². The molecule has 3 unspecified atom stereocenters. The summed E-state index contributed by atoms with van der Waals surface area (Å²) < 4.78 is 5.68. The molecule has 17 heavy (non-hydrogen) atoms. The van der Waals surface area contributed by atoms with Crippen LogP contribution in [0.25, 0.3) is 0 Å². The standard InChI is InChI=1S/C12H24ClNO3/c1-9-6-11(2-3-12(9)13)17-8-10(16)7-14-4-5-15/h9-12,14-16H,2-8H2,1H3/t9?,10-,11?,12?/m0/s1. The molecule has 0 aliphatic heterocycles. The Balaban J connectivity index is 2.09. The third kappa shape index (κ3) is 6.02. The lowest BCUT2D eigenvalue weighted by molar-refractivity contribution is -0.0300. The summed E-state index contributed by atoms with van der Waals surface area (Å²) >= 11 is 6.14. The molecule has 0 radical (unpaired) electrons. The quantitative estimate of drug-likeness (QED) is 0.469. The van der Waals surface area contributed by atoms with E-state index in [0.29, 0.717) is 25.6 Å². The summed E-state index contributed by atoms with van der Waals surface area (Å²) in [5, 5.41) is 21.4. The van der Waals surface area contributed by atoms with Gasteiger partial charge < -0.3 is 20.3 Å². The van der Waals surface area contributed by atoms with Crippen molar-refractivity contribution in [2.45, 2.75) is 43.8 Å². The lowest BCUT2D eigenvalue weighted by Crippen LogP contribution is -2.35. The molecule has 1 aliphatic rings. The smallest absolute Gasteiger partial charge is 0.0897 e. The largest absolute Gasteiger partial charge is 0.395 e. The first-order valence-corrected chi connectivity index (χ1v) is 6.82. The molecule has 4 nitrogen and oxygen atoms in total. The Hall–Kier alpha value is 0.130. The molecule has 3 N–H and O–H groups in total. The van der Waals surface area contributed by atoms with Gasteiger partial charge in [0.2, 0.25) is 0 Å². The molecule has 4 atom stereocenters. The molecule has 1 rings (SSSR count). The van der Waals surface area contributed by atoms with Gasteiger partial charge in [-0.15, -0.1) is 11.6 Å². The van der Waals surface area contributed by atoms with Gasteiger partial charge in [-0.2, -0.15) is 0 Å². The van der Waals surface area contributed by atoms with Crippen LogP contribution >= 0.6 is 11.6 Å². The van der Waals surface area contributed by atoms with E-state index in [9.17, 15) is 5.11 Å². The second kappa shape index (κ2) is 8.27. The molecule has 0 aromatic carbocycles. The minimum absolute atomic E-state index is 0.0881. The number of hydrogen-bond donors (Lipinski definition) is 3. The predicted molar refractivity (Wildman–Crippen MR) is 68.4 cm³/mol. The van der Waals surface area contributed by atoms with E-state index >= 15 is 0 Å². The molecule has 1 saturated carbocycles. The number of nitrogens with one attached hydrogen (secondary N) is 1. The van der Waals surface area contributed by atoms with Gasteiger partial charge in [-0.1, -0.05) is 6.92 Å². The predicted octanol–water partition coefficient (Wildman–Crippen LogP) is 0.742. The van der Waals surface area contributed by atoms with E-state index in [1.54, 1.807) is 0 Å². The van der Waals surface area contributed by atoms with E-state index in [4.69, 9.17) is 21.4 Å². The van der Waals surface area contributed by atoms with Crippen LogP contribution < -0.4 is 5.32 Å². The number of halogens is 1. The van der Waals surface area contributed by atoms with Gasteiger partial charge >= 0.3 is 0 Å². The van der Waals surface area contributed by atoms with Gasteiger partial charge in [0.15, 0.2) is 0 Å². The Kier molecular flexibility index (Phi) is 7.39. The van der Waals surface area contributed by atoms with Crippen LogP contribution in [0.1, 0.15) is 26.2 Å². The summed E-state index contributed by atoms with van der Waals surface area (Å²) in [6.45, 7) is 3.55. The molecule has 0 spiro atoms. The van der Waals surface area contributed by atoms with Gasteiger partial charge in [-0.05, 0) is 25.2 Å². The first kappa shape index (κ1) is 15.2. The zero-order valence-electron chi connectivity index (χ0n) is 10.4. The van der Waals surface area contributed by atoms with Crippen LogP contribution in [0.5, 0.6) is 0 Å². The maximum absolute atomic E-state index is 9.63. The van der Waals surface area contributed by atoms with Gasteiger partial charge in [-0.25, -0.2) is 0 Å². The number of aliphatic hydroxyl groups excluding tert-OH is 2. The first-order chi connectivity index (χ1) is 8.13. The van der Waals surface area contributed by atoms with Crippen molar-refractivity contribution in [2.75, 3.05) is 26.3 Å². The third-order valence-corrected chi connectivity index (χ3v) is 3.86. The number of aliphatic hydroxyl groups is 2. The van der Waals surface area contributed by atoms with Crippen LogP contribution in [0.2, 0.25) is 0 Å². The zero-order chi connectivity index (χ0) is 12.7. The molecule has 0 aromatic rings. The van der Waals surface area contributed by atoms with E-state index in [1.807, 2.05) is 0 Å². The lowest BCUT2D eigenvalue weighted by Gasteiger charge is -2.31. The third-order valence-electron chi connectivity index (χ3n) is 3.21. The fourth-order valence-electron chi connectivity index (χ4n) is 2.12. The summed E-state index contributed by atoms with van der Waals surface area (Å²) in [5.74, 6) is 0.486. The molecule has 1 aliphatic carbocycles. The topological polar surface area (TPSA) is 61.7 Å². The number of alkyl halides is 1. The Morgan fingerprint density at radius 1 is 1.47 bits per heavy atom. The second-order valence-electron chi connectivity index (χ2n) is 4.84. The van der Waals surface area contributed by atoms with Crippen molar-refractivity contribution in [3.63, 3.8) is 0 Å². The molecular formula is C12H24ClNO3. The maximum Gasteiger partial charge on any atom is 0.0897 e. The van der Waals surface area contributed by atoms with E-state index in [0.717, 1.165) is 19.3 Å². The highest BCUT2D eigenvalue weighted by Gasteiger charge is 2.26. The van der Waals surface area contributed by atoms with E-state index < -0.39 is 6.10 Å². The van der Waals surface area contributed by atoms with Crippen LogP contribution in [0.4, 0.5) is 0 Å². The average molecular weight is 266 g/mol. The van der Waals surface area contributed by atoms with Crippen LogP contribution in [-0.2, 0) is 4.74 Å². The Labute approximate surface area is 108 Å². The summed E-state index contributed by atoms with van der Waals surface area (Å²) in [5.41, 5.74) is 0. The fraction of sp³-hybridized carbons (Fsp3) is 1.00. The molecule has 0 bridgehead atoms. The highest BCUT2D eigenvalue weighted by atomic mass is 35.5. The summed E-state index contributed by atoms with van der Waals surface area (Å²) in [6.07, 6.45) is 2.67. The molecule has 0 amide bonds. The first-order valence-electron chi connectivity index (χ1n) is 6.38. The van der Waals surface area contributed by atoms with Crippen molar-refractivity contribution in [3.8, 4) is 0 Å². The SMILES string of the molecule is CC1CC(OC[C@@H](O)CNCCO)CCC1Cl. The summed E-state index contributed by atoms with van der Waals surface area (Å²) in [7, 11) is 0. The lowest BCUT2D eigenvalue weighted by atomic mass is 9.88. The number of rotatable bonds is 7. The molecule has 1 fully saturated rings. The van der Waals surface area contributed by atoms with Gasteiger partial charge in [0.05, 0.1) is 25.4 Å². The van der Waals surface area contributed by atoms with E-state index in [2.05, 4.69) is 12.2 Å². The molecular weight excluding hydrogens is 242 g/mol. The molecule has 0 heterocycles. The van der Waals surface area contributed by atoms with Crippen molar-refractivity contribution in [1.82, 2.24) is 5.32 Å². The second-order valence-corrected chi connectivity index (χ2v) is 5.40. The van der Waals surface area contributed by atoms with E-state index in [-0.39, 0.29) is 18.1 Å². The fourth-order valence-corrected chi connectivity index (χ4v) is 2.34. The molecule has 0 aromatic heterocycles. The van der Waals surface area contributed by atoms with Gasteiger partial charge in [-0.3, -0.25) is 0 Å². The van der Waals surface area contributed by atoms with Gasteiger partial charge in [0, 0.05) is 18.5 Å². The maximum atomic E-state index is 9.63. The molecule has 102 valence electrons. The average Bonchev–Trinajstić information content (AvgIpc) is 2.31. The van der Waals surface area contributed by atoms with Crippen molar-refractivity contribution < 1.29 is 14.9 Å². The summed E-state index contributed by atoms with van der Waals surface area (Å²) in [4.78, 5) is 0. The minimum atomic E-state index is -0.509. The van der Waals surface area contributed by atoms with Crippen molar-refractivity contribution in [2.24, 2.45) is 5.92 Å².